The van der Waals surface area contributed by atoms with Crippen LogP contribution in [-0.2, 0) is 11.2 Å². The average molecular weight is 203 g/mol. The minimum Gasteiger partial charge on any atom is -0.361 e. The maximum atomic E-state index is 5.79. The van der Waals surface area contributed by atoms with E-state index in [-0.39, 0.29) is 0 Å². The maximum Gasteiger partial charge on any atom is 0.111 e. The number of benzene rings is 1. The third-order valence-corrected chi connectivity index (χ3v) is 3.50. The Kier molecular flexibility index (Phi) is 2.47. The Morgan fingerprint density at radius 2 is 2.13 bits per heavy atom. The van der Waals surface area contributed by atoms with E-state index in [1.807, 2.05) is 0 Å². The second kappa shape index (κ2) is 3.95. The summed E-state index contributed by atoms with van der Waals surface area (Å²) < 4.78 is 5.79. The van der Waals surface area contributed by atoms with Crippen molar-refractivity contribution in [3.8, 4) is 0 Å². The first kappa shape index (κ1) is 9.37. The molecule has 0 N–H and O–H groups in total. The van der Waals surface area contributed by atoms with Gasteiger partial charge in [-0.15, -0.1) is 0 Å². The Hall–Kier alpha value is -0.860. The van der Waals surface area contributed by atoms with Crippen LogP contribution in [-0.4, -0.2) is 30.3 Å². The molecule has 80 valence electrons. The van der Waals surface area contributed by atoms with E-state index in [2.05, 4.69) is 35.2 Å². The Morgan fingerprint density at radius 3 is 3.00 bits per heavy atom. The van der Waals surface area contributed by atoms with Crippen molar-refractivity contribution in [3.05, 3.63) is 35.9 Å². The molecular formula is C13H17NO. The predicted octanol–water partition coefficient (Wildman–Crippen LogP) is 2.05. The van der Waals surface area contributed by atoms with Crippen molar-refractivity contribution in [2.24, 2.45) is 0 Å². The average Bonchev–Trinajstić information content (AvgIpc) is 2.85. The normalized spacial score (nSPS) is 30.7. The second-order valence-corrected chi connectivity index (χ2v) is 4.51. The summed E-state index contributed by atoms with van der Waals surface area (Å²) in [5.74, 6) is 0. The summed E-state index contributed by atoms with van der Waals surface area (Å²) in [5.41, 5.74) is 1.43. The lowest BCUT2D eigenvalue weighted by atomic mass is 10.1. The third-order valence-electron chi connectivity index (χ3n) is 3.50. The van der Waals surface area contributed by atoms with E-state index in [4.69, 9.17) is 4.74 Å². The monoisotopic (exact) mass is 203 g/mol. The standard InChI is InChI=1S/C13H17NO/c1-2-5-11(6-3-1)9-12-10-15-13-7-4-8-14(12)13/h1-3,5-6,12-13H,4,7-10H2/t12-,13+/m1/s1. The molecule has 2 aliphatic rings. The van der Waals surface area contributed by atoms with Crippen LogP contribution in [0.1, 0.15) is 18.4 Å². The van der Waals surface area contributed by atoms with Crippen LogP contribution < -0.4 is 0 Å². The first-order chi connectivity index (χ1) is 7.43. The molecule has 2 atom stereocenters. The molecule has 0 aliphatic carbocycles. The summed E-state index contributed by atoms with van der Waals surface area (Å²) in [6.07, 6.45) is 4.09. The molecule has 15 heavy (non-hydrogen) atoms. The second-order valence-electron chi connectivity index (χ2n) is 4.51. The van der Waals surface area contributed by atoms with Gasteiger partial charge in [0.15, 0.2) is 0 Å². The smallest absolute Gasteiger partial charge is 0.111 e. The molecule has 2 nitrogen and oxygen atoms in total. The highest BCUT2D eigenvalue weighted by atomic mass is 16.5. The van der Waals surface area contributed by atoms with E-state index in [0.29, 0.717) is 12.3 Å². The summed E-state index contributed by atoms with van der Waals surface area (Å²) in [6, 6.07) is 11.3. The van der Waals surface area contributed by atoms with Crippen LogP contribution in [0, 0.1) is 0 Å². The van der Waals surface area contributed by atoms with Crippen molar-refractivity contribution in [2.75, 3.05) is 13.2 Å². The molecule has 0 bridgehead atoms. The van der Waals surface area contributed by atoms with Crippen molar-refractivity contribution in [1.82, 2.24) is 4.90 Å². The SMILES string of the molecule is c1ccc(C[C@@H]2CO[C@H]3CCCN23)cc1. The van der Waals surface area contributed by atoms with Gasteiger partial charge in [0.1, 0.15) is 6.23 Å². The predicted molar refractivity (Wildman–Crippen MR) is 59.6 cm³/mol. The highest BCUT2D eigenvalue weighted by Crippen LogP contribution is 2.28. The topological polar surface area (TPSA) is 12.5 Å². The summed E-state index contributed by atoms with van der Waals surface area (Å²) in [4.78, 5) is 2.53. The lowest BCUT2D eigenvalue weighted by molar-refractivity contribution is 0.0589. The molecule has 0 unspecified atom stereocenters. The number of ether oxygens (including phenoxy) is 1. The molecular weight excluding hydrogens is 186 g/mol. The molecule has 1 aromatic carbocycles. The zero-order chi connectivity index (χ0) is 10.1. The highest BCUT2D eigenvalue weighted by Gasteiger charge is 2.37. The Morgan fingerprint density at radius 1 is 1.27 bits per heavy atom. The summed E-state index contributed by atoms with van der Waals surface area (Å²) >= 11 is 0. The molecule has 3 rings (SSSR count). The molecule has 2 fully saturated rings. The first-order valence-corrected chi connectivity index (χ1v) is 5.85. The summed E-state index contributed by atoms with van der Waals surface area (Å²) in [6.45, 7) is 2.14. The number of hydrogen-bond donors (Lipinski definition) is 0. The fourth-order valence-corrected chi connectivity index (χ4v) is 2.74. The Labute approximate surface area is 90.8 Å². The van der Waals surface area contributed by atoms with Crippen LogP contribution in [0.2, 0.25) is 0 Å². The van der Waals surface area contributed by atoms with Crippen molar-refractivity contribution in [3.63, 3.8) is 0 Å². The molecule has 2 heteroatoms. The Balaban J connectivity index is 1.69. The minimum absolute atomic E-state index is 0.429. The lowest BCUT2D eigenvalue weighted by Gasteiger charge is -2.20. The summed E-state index contributed by atoms with van der Waals surface area (Å²) in [7, 11) is 0. The van der Waals surface area contributed by atoms with Crippen LogP contribution in [0.15, 0.2) is 30.3 Å². The fraction of sp³-hybridized carbons (Fsp3) is 0.538. The quantitative estimate of drug-likeness (QED) is 0.729. The zero-order valence-corrected chi connectivity index (χ0v) is 8.93. The molecule has 2 heterocycles. The van der Waals surface area contributed by atoms with E-state index in [1.165, 1.54) is 24.9 Å². The van der Waals surface area contributed by atoms with E-state index in [9.17, 15) is 0 Å². The molecule has 2 saturated heterocycles. The van der Waals surface area contributed by atoms with Crippen LogP contribution in [0.25, 0.3) is 0 Å². The van der Waals surface area contributed by atoms with Gasteiger partial charge < -0.3 is 4.74 Å². The van der Waals surface area contributed by atoms with Crippen molar-refractivity contribution in [1.29, 1.82) is 0 Å². The van der Waals surface area contributed by atoms with Gasteiger partial charge in [-0.3, -0.25) is 4.90 Å². The molecule has 1 aromatic rings. The maximum absolute atomic E-state index is 5.79. The largest absolute Gasteiger partial charge is 0.361 e. The molecule has 0 aromatic heterocycles. The van der Waals surface area contributed by atoms with E-state index >= 15 is 0 Å². The van der Waals surface area contributed by atoms with Crippen molar-refractivity contribution in [2.45, 2.75) is 31.5 Å². The fourth-order valence-electron chi connectivity index (χ4n) is 2.74. The summed E-state index contributed by atoms with van der Waals surface area (Å²) in [5, 5.41) is 0. The number of fused-ring (bicyclic) bond motifs is 1. The van der Waals surface area contributed by atoms with Gasteiger partial charge in [-0.25, -0.2) is 0 Å². The van der Waals surface area contributed by atoms with Gasteiger partial charge in [0.25, 0.3) is 0 Å². The van der Waals surface area contributed by atoms with Crippen LogP contribution in [0.5, 0.6) is 0 Å². The third kappa shape index (κ3) is 1.80. The Bertz CT molecular complexity index is 325. The van der Waals surface area contributed by atoms with Crippen LogP contribution in [0.4, 0.5) is 0 Å². The lowest BCUT2D eigenvalue weighted by Crippen LogP contribution is -2.33. The molecule has 0 radical (unpaired) electrons. The van der Waals surface area contributed by atoms with Crippen molar-refractivity contribution >= 4 is 0 Å². The van der Waals surface area contributed by atoms with Crippen LogP contribution in [0.3, 0.4) is 0 Å². The zero-order valence-electron chi connectivity index (χ0n) is 8.93. The molecule has 0 spiro atoms. The molecule has 2 aliphatic heterocycles. The van der Waals surface area contributed by atoms with Gasteiger partial charge >= 0.3 is 0 Å². The highest BCUT2D eigenvalue weighted by molar-refractivity contribution is 5.16. The van der Waals surface area contributed by atoms with E-state index in [1.54, 1.807) is 0 Å². The van der Waals surface area contributed by atoms with Gasteiger partial charge in [-0.2, -0.15) is 0 Å². The minimum atomic E-state index is 0.429. The molecule has 0 saturated carbocycles. The van der Waals surface area contributed by atoms with Gasteiger partial charge in [-0.1, -0.05) is 30.3 Å². The van der Waals surface area contributed by atoms with E-state index < -0.39 is 0 Å². The van der Waals surface area contributed by atoms with Crippen LogP contribution >= 0.6 is 0 Å². The number of nitrogens with zero attached hydrogens (tertiary/aromatic N) is 1. The van der Waals surface area contributed by atoms with Gasteiger partial charge in [0.2, 0.25) is 0 Å². The van der Waals surface area contributed by atoms with Gasteiger partial charge in [0.05, 0.1) is 6.61 Å². The van der Waals surface area contributed by atoms with E-state index in [0.717, 1.165) is 13.0 Å². The van der Waals surface area contributed by atoms with Gasteiger partial charge in [0, 0.05) is 12.6 Å². The number of hydrogen-bond acceptors (Lipinski definition) is 2. The van der Waals surface area contributed by atoms with Gasteiger partial charge in [-0.05, 0) is 24.8 Å². The first-order valence-electron chi connectivity index (χ1n) is 5.85. The molecule has 0 amide bonds. The van der Waals surface area contributed by atoms with Crippen molar-refractivity contribution < 1.29 is 4.74 Å². The number of rotatable bonds is 2.